The van der Waals surface area contributed by atoms with E-state index in [1.54, 1.807) is 13.8 Å². The zero-order chi connectivity index (χ0) is 22.6. The fourth-order valence-electron chi connectivity index (χ4n) is 6.06. The number of cyclic esters (lactones) is 2. The maximum absolute atomic E-state index is 13.7. The summed E-state index contributed by atoms with van der Waals surface area (Å²) in [6, 6.07) is 9.23. The minimum atomic E-state index is -1.65. The molecule has 1 aromatic rings. The summed E-state index contributed by atoms with van der Waals surface area (Å²) in [5, 5.41) is 0. The van der Waals surface area contributed by atoms with Crippen LogP contribution in [0.25, 0.3) is 0 Å². The number of carbonyl (C=O) groups excluding carboxylic acids is 3. The smallest absolute Gasteiger partial charge is 0.327 e. The molecule has 7 heteroatoms. The van der Waals surface area contributed by atoms with Crippen LogP contribution in [0.2, 0.25) is 0 Å². The van der Waals surface area contributed by atoms with Crippen LogP contribution in [0.3, 0.4) is 0 Å². The average molecular weight is 443 g/mol. The molecule has 2 saturated carbocycles. The third-order valence-corrected chi connectivity index (χ3v) is 7.51. The summed E-state index contributed by atoms with van der Waals surface area (Å²) in [6.45, 7) is 3.33. The minimum absolute atomic E-state index is 0.00638. The van der Waals surface area contributed by atoms with Gasteiger partial charge in [-0.15, -0.1) is 0 Å². The summed E-state index contributed by atoms with van der Waals surface area (Å²) in [5.41, 5.74) is -0.913. The summed E-state index contributed by atoms with van der Waals surface area (Å²) >= 11 is 0. The summed E-state index contributed by atoms with van der Waals surface area (Å²) in [6.07, 6.45) is 4.27. The fraction of sp³-hybridized carbons (Fsp3) is 0.640. The van der Waals surface area contributed by atoms with Gasteiger partial charge >= 0.3 is 11.9 Å². The first-order valence-corrected chi connectivity index (χ1v) is 11.6. The Hall–Kier alpha value is -2.25. The van der Waals surface area contributed by atoms with Crippen molar-refractivity contribution in [3.8, 4) is 0 Å². The molecule has 3 atom stereocenters. The second-order valence-electron chi connectivity index (χ2n) is 10.0. The van der Waals surface area contributed by atoms with E-state index in [0.717, 1.165) is 37.7 Å². The molecule has 32 heavy (non-hydrogen) atoms. The summed E-state index contributed by atoms with van der Waals surface area (Å²) in [5.74, 6) is -4.73. The maximum atomic E-state index is 13.7. The second-order valence-corrected chi connectivity index (χ2v) is 10.0. The van der Waals surface area contributed by atoms with Crippen molar-refractivity contribution in [3.63, 3.8) is 0 Å². The molecule has 2 aliphatic heterocycles. The van der Waals surface area contributed by atoms with E-state index >= 15 is 0 Å². The van der Waals surface area contributed by atoms with Gasteiger partial charge in [-0.2, -0.15) is 0 Å². The van der Waals surface area contributed by atoms with E-state index in [4.69, 9.17) is 18.9 Å². The molecule has 7 nitrogen and oxygen atoms in total. The van der Waals surface area contributed by atoms with Crippen LogP contribution in [-0.4, -0.2) is 42.0 Å². The van der Waals surface area contributed by atoms with Gasteiger partial charge in [-0.1, -0.05) is 36.8 Å². The maximum Gasteiger partial charge on any atom is 0.327 e. The first-order chi connectivity index (χ1) is 15.3. The molecule has 0 amide bonds. The number of hydrogen-bond donors (Lipinski definition) is 0. The van der Waals surface area contributed by atoms with Gasteiger partial charge in [-0.3, -0.25) is 14.4 Å². The summed E-state index contributed by atoms with van der Waals surface area (Å²) in [7, 11) is 0. The predicted octanol–water partition coefficient (Wildman–Crippen LogP) is 3.65. The van der Waals surface area contributed by atoms with Crippen molar-refractivity contribution in [2.45, 2.75) is 82.4 Å². The number of Topliss-reactive ketones (excluding diaryl/α,β-unsaturated/α-hetero) is 1. The van der Waals surface area contributed by atoms with Gasteiger partial charge in [0.1, 0.15) is 5.78 Å². The van der Waals surface area contributed by atoms with Crippen LogP contribution in [0.4, 0.5) is 0 Å². The normalized spacial score (nSPS) is 33.2. The van der Waals surface area contributed by atoms with Gasteiger partial charge in [0.05, 0.1) is 12.7 Å². The first-order valence-electron chi connectivity index (χ1n) is 11.6. The molecule has 0 radical (unpaired) electrons. The molecule has 4 fully saturated rings. The Balaban J connectivity index is 1.59. The molecule has 5 rings (SSSR count). The quantitative estimate of drug-likeness (QED) is 0.510. The molecule has 0 aromatic heterocycles. The standard InChI is InChI=1S/C25H30O7/c1-23(2)31-21(27)25(22(28)32-23)18(16-9-5-3-6-10-16)13-17(26)14-19(25)20-15-29-24(30-20)11-7-4-8-12-24/h3,5-6,9-10,18-20H,4,7-8,11-15H2,1-2H3/t18-,19+,20-/m1/s1. The first kappa shape index (κ1) is 21.6. The van der Waals surface area contributed by atoms with Crippen molar-refractivity contribution in [2.24, 2.45) is 11.3 Å². The van der Waals surface area contributed by atoms with Crippen LogP contribution in [0, 0.1) is 11.3 Å². The molecule has 4 aliphatic rings. The van der Waals surface area contributed by atoms with Crippen LogP contribution >= 0.6 is 0 Å². The van der Waals surface area contributed by atoms with Gasteiger partial charge in [0.25, 0.3) is 5.79 Å². The van der Waals surface area contributed by atoms with Crippen LogP contribution in [0.15, 0.2) is 30.3 Å². The van der Waals surface area contributed by atoms with Crippen molar-refractivity contribution in [2.75, 3.05) is 6.61 Å². The number of ketones is 1. The molecule has 0 bridgehead atoms. The van der Waals surface area contributed by atoms with Crippen molar-refractivity contribution in [3.05, 3.63) is 35.9 Å². The van der Waals surface area contributed by atoms with Gasteiger partial charge in [0.15, 0.2) is 11.2 Å². The number of ether oxygens (including phenoxy) is 4. The van der Waals surface area contributed by atoms with E-state index in [1.807, 2.05) is 30.3 Å². The molecule has 0 unspecified atom stereocenters. The highest BCUT2D eigenvalue weighted by molar-refractivity contribution is 6.05. The summed E-state index contributed by atoms with van der Waals surface area (Å²) < 4.78 is 23.9. The molecular weight excluding hydrogens is 412 g/mol. The zero-order valence-corrected chi connectivity index (χ0v) is 18.6. The Morgan fingerprint density at radius 2 is 1.53 bits per heavy atom. The Labute approximate surface area is 187 Å². The van der Waals surface area contributed by atoms with Crippen LogP contribution in [-0.2, 0) is 33.3 Å². The highest BCUT2D eigenvalue weighted by atomic mass is 16.8. The molecule has 172 valence electrons. The van der Waals surface area contributed by atoms with Crippen LogP contribution < -0.4 is 0 Å². The second kappa shape index (κ2) is 7.66. The van der Waals surface area contributed by atoms with Gasteiger partial charge < -0.3 is 18.9 Å². The van der Waals surface area contributed by atoms with Crippen LogP contribution in [0.1, 0.15) is 70.3 Å². The molecule has 2 spiro atoms. The van der Waals surface area contributed by atoms with E-state index in [1.165, 1.54) is 0 Å². The zero-order valence-electron chi connectivity index (χ0n) is 18.6. The topological polar surface area (TPSA) is 88.1 Å². The third-order valence-electron chi connectivity index (χ3n) is 7.51. The van der Waals surface area contributed by atoms with Gasteiger partial charge in [0.2, 0.25) is 0 Å². The highest BCUT2D eigenvalue weighted by Gasteiger charge is 2.69. The van der Waals surface area contributed by atoms with Crippen molar-refractivity contribution in [1.82, 2.24) is 0 Å². The Morgan fingerprint density at radius 3 is 2.19 bits per heavy atom. The lowest BCUT2D eigenvalue weighted by molar-refractivity contribution is -0.264. The molecule has 0 N–H and O–H groups in total. The number of carbonyl (C=O) groups is 3. The monoisotopic (exact) mass is 442 g/mol. The fourth-order valence-corrected chi connectivity index (χ4v) is 6.06. The Kier molecular flexibility index (Phi) is 5.17. The lowest BCUT2D eigenvalue weighted by Crippen LogP contribution is -2.64. The summed E-state index contributed by atoms with van der Waals surface area (Å²) in [4.78, 5) is 40.3. The largest absolute Gasteiger partial charge is 0.422 e. The van der Waals surface area contributed by atoms with Crippen molar-refractivity contribution in [1.29, 1.82) is 0 Å². The number of benzene rings is 1. The average Bonchev–Trinajstić information content (AvgIpc) is 3.15. The minimum Gasteiger partial charge on any atom is -0.422 e. The Morgan fingerprint density at radius 1 is 0.875 bits per heavy atom. The number of hydrogen-bond acceptors (Lipinski definition) is 7. The van der Waals surface area contributed by atoms with E-state index in [9.17, 15) is 14.4 Å². The third kappa shape index (κ3) is 3.37. The van der Waals surface area contributed by atoms with Gasteiger partial charge in [-0.05, 0) is 18.4 Å². The number of rotatable bonds is 2. The number of esters is 2. The van der Waals surface area contributed by atoms with E-state index in [-0.39, 0.29) is 25.2 Å². The predicted molar refractivity (Wildman–Crippen MR) is 112 cm³/mol. The molecule has 1 aromatic carbocycles. The van der Waals surface area contributed by atoms with E-state index in [2.05, 4.69) is 0 Å². The lowest BCUT2D eigenvalue weighted by Gasteiger charge is -2.51. The highest BCUT2D eigenvalue weighted by Crippen LogP contribution is 2.57. The molecule has 2 heterocycles. The molecule has 2 saturated heterocycles. The van der Waals surface area contributed by atoms with Crippen molar-refractivity contribution >= 4 is 17.7 Å². The van der Waals surface area contributed by atoms with Gasteiger partial charge in [0, 0.05) is 51.4 Å². The van der Waals surface area contributed by atoms with Gasteiger partial charge in [-0.25, -0.2) is 0 Å². The van der Waals surface area contributed by atoms with Crippen LogP contribution in [0.5, 0.6) is 0 Å². The molecule has 2 aliphatic carbocycles. The lowest BCUT2D eigenvalue weighted by atomic mass is 9.56. The SMILES string of the molecule is CC1(C)OC(=O)C2(C(=O)O1)[C@@H](c1ccccc1)CC(=O)C[C@H]2[C@H]1COC2(CCCCC2)O1. The molecular formula is C25H30O7. The van der Waals surface area contributed by atoms with E-state index in [0.29, 0.717) is 0 Å². The van der Waals surface area contributed by atoms with E-state index < -0.39 is 46.9 Å². The Bertz CT molecular complexity index is 895. The van der Waals surface area contributed by atoms with Crippen molar-refractivity contribution < 1.29 is 33.3 Å².